The fourth-order valence-electron chi connectivity index (χ4n) is 3.31. The molecule has 176 valence electrons. The second-order valence-corrected chi connectivity index (χ2v) is 8.28. The van der Waals surface area contributed by atoms with Gasteiger partial charge in [0.1, 0.15) is 6.04 Å². The Labute approximate surface area is 200 Å². The minimum Gasteiger partial charge on any atom is -0.352 e. The molecular weight excluding hydrogens is 428 g/mol. The van der Waals surface area contributed by atoms with E-state index in [1.807, 2.05) is 62.4 Å². The lowest BCUT2D eigenvalue weighted by Crippen LogP contribution is -2.38. The van der Waals surface area contributed by atoms with E-state index in [-0.39, 0.29) is 24.3 Å². The van der Waals surface area contributed by atoms with Gasteiger partial charge in [-0.1, -0.05) is 74.5 Å². The Morgan fingerprint density at radius 2 is 1.38 bits per heavy atom. The number of amides is 3. The molecule has 0 saturated carbocycles. The van der Waals surface area contributed by atoms with Gasteiger partial charge in [-0.3, -0.25) is 19.7 Å². The molecule has 3 amide bonds. The molecule has 3 aromatic rings. The van der Waals surface area contributed by atoms with Gasteiger partial charge in [-0.2, -0.15) is 0 Å². The first kappa shape index (κ1) is 24.7. The lowest BCUT2D eigenvalue weighted by Gasteiger charge is -2.19. The molecule has 0 fully saturated rings. The minimum absolute atomic E-state index is 0.121. The summed E-state index contributed by atoms with van der Waals surface area (Å²) in [6, 6.07) is 24.4. The van der Waals surface area contributed by atoms with Crippen LogP contribution in [0, 0.1) is 5.92 Å². The Kier molecular flexibility index (Phi) is 8.94. The van der Waals surface area contributed by atoms with Gasteiger partial charge in [-0.05, 0) is 35.7 Å². The van der Waals surface area contributed by atoms with Crippen molar-refractivity contribution < 1.29 is 14.4 Å². The van der Waals surface area contributed by atoms with Crippen LogP contribution in [-0.2, 0) is 9.59 Å². The van der Waals surface area contributed by atoms with E-state index >= 15 is 0 Å². The molecule has 1 unspecified atom stereocenters. The molecule has 3 rings (SSSR count). The van der Waals surface area contributed by atoms with Crippen molar-refractivity contribution in [2.24, 2.45) is 5.92 Å². The van der Waals surface area contributed by atoms with Crippen LogP contribution >= 0.6 is 0 Å². The molecule has 0 aliphatic rings. The van der Waals surface area contributed by atoms with Crippen LogP contribution in [0.15, 0.2) is 84.9 Å². The van der Waals surface area contributed by atoms with Gasteiger partial charge >= 0.3 is 0 Å². The standard InChI is InChI=1S/C27H30N4O3/c1-19(2)17-29-26(33)22-15-9-10-16-23(22)31-24(32)18-28-25(20-11-5-3-6-12-20)27(34)30-21-13-7-4-8-14-21/h3-16,19,25,28H,17-18H2,1-2H3,(H,29,33)(H,30,34)(H,31,32). The summed E-state index contributed by atoms with van der Waals surface area (Å²) in [5.41, 5.74) is 2.21. The van der Waals surface area contributed by atoms with E-state index in [9.17, 15) is 14.4 Å². The average molecular weight is 459 g/mol. The van der Waals surface area contributed by atoms with E-state index in [2.05, 4.69) is 21.3 Å². The molecule has 0 saturated heterocycles. The number of rotatable bonds is 10. The molecule has 0 heterocycles. The van der Waals surface area contributed by atoms with Crippen molar-refractivity contribution in [3.63, 3.8) is 0 Å². The zero-order valence-corrected chi connectivity index (χ0v) is 19.4. The summed E-state index contributed by atoms with van der Waals surface area (Å²) in [5, 5.41) is 11.6. The normalized spacial score (nSPS) is 11.5. The monoisotopic (exact) mass is 458 g/mol. The van der Waals surface area contributed by atoms with Crippen molar-refractivity contribution in [2.45, 2.75) is 19.9 Å². The molecule has 0 aromatic heterocycles. The molecule has 4 N–H and O–H groups in total. The van der Waals surface area contributed by atoms with E-state index in [4.69, 9.17) is 0 Å². The summed E-state index contributed by atoms with van der Waals surface area (Å²) in [4.78, 5) is 38.3. The van der Waals surface area contributed by atoms with Crippen LogP contribution in [0.3, 0.4) is 0 Å². The zero-order chi connectivity index (χ0) is 24.3. The maximum absolute atomic E-state index is 13.0. The van der Waals surface area contributed by atoms with Crippen LogP contribution in [0.25, 0.3) is 0 Å². The average Bonchev–Trinajstić information content (AvgIpc) is 2.84. The zero-order valence-electron chi connectivity index (χ0n) is 19.4. The third kappa shape index (κ3) is 7.28. The van der Waals surface area contributed by atoms with Gasteiger partial charge in [0.25, 0.3) is 5.91 Å². The first-order valence-corrected chi connectivity index (χ1v) is 11.3. The van der Waals surface area contributed by atoms with Crippen LogP contribution in [0.1, 0.15) is 35.8 Å². The van der Waals surface area contributed by atoms with Crippen molar-refractivity contribution in [1.82, 2.24) is 10.6 Å². The molecule has 1 atom stereocenters. The van der Waals surface area contributed by atoms with E-state index in [0.717, 1.165) is 5.56 Å². The summed E-state index contributed by atoms with van der Waals surface area (Å²) >= 11 is 0. The van der Waals surface area contributed by atoms with Gasteiger partial charge in [0.05, 0.1) is 17.8 Å². The summed E-state index contributed by atoms with van der Waals surface area (Å²) in [6.45, 7) is 4.44. The summed E-state index contributed by atoms with van der Waals surface area (Å²) in [6.07, 6.45) is 0. The molecule has 0 spiro atoms. The van der Waals surface area contributed by atoms with Gasteiger partial charge in [0.2, 0.25) is 11.8 Å². The number of hydrogen-bond donors (Lipinski definition) is 4. The Bertz CT molecular complexity index is 1100. The Balaban J connectivity index is 1.67. The van der Waals surface area contributed by atoms with Crippen LogP contribution in [0.4, 0.5) is 11.4 Å². The molecule has 0 aliphatic carbocycles. The molecule has 0 radical (unpaired) electrons. The summed E-state index contributed by atoms with van der Waals surface area (Å²) < 4.78 is 0. The van der Waals surface area contributed by atoms with Crippen molar-refractivity contribution in [2.75, 3.05) is 23.7 Å². The Hall–Kier alpha value is -3.97. The Morgan fingerprint density at radius 1 is 0.765 bits per heavy atom. The van der Waals surface area contributed by atoms with Crippen molar-refractivity contribution in [3.8, 4) is 0 Å². The number of nitrogens with one attached hydrogen (secondary N) is 4. The number of hydrogen-bond acceptors (Lipinski definition) is 4. The second-order valence-electron chi connectivity index (χ2n) is 8.28. The van der Waals surface area contributed by atoms with Crippen molar-refractivity contribution in [1.29, 1.82) is 0 Å². The summed E-state index contributed by atoms with van der Waals surface area (Å²) in [5.74, 6) is -0.579. The number of anilines is 2. The maximum atomic E-state index is 13.0. The van der Waals surface area contributed by atoms with Crippen molar-refractivity contribution in [3.05, 3.63) is 96.1 Å². The minimum atomic E-state index is -0.739. The summed E-state index contributed by atoms with van der Waals surface area (Å²) in [7, 11) is 0. The quantitative estimate of drug-likeness (QED) is 0.369. The largest absolute Gasteiger partial charge is 0.352 e. The van der Waals surface area contributed by atoms with Gasteiger partial charge in [-0.15, -0.1) is 0 Å². The fourth-order valence-corrected chi connectivity index (χ4v) is 3.31. The van der Waals surface area contributed by atoms with Crippen molar-refractivity contribution >= 4 is 29.1 Å². The number of carbonyl (C=O) groups is 3. The van der Waals surface area contributed by atoms with E-state index in [0.29, 0.717) is 29.4 Å². The van der Waals surface area contributed by atoms with Gasteiger partial charge in [-0.25, -0.2) is 0 Å². The number of carbonyl (C=O) groups excluding carboxylic acids is 3. The number of benzene rings is 3. The predicted octanol–water partition coefficient (Wildman–Crippen LogP) is 3.98. The van der Waals surface area contributed by atoms with Gasteiger partial charge in [0.15, 0.2) is 0 Å². The molecule has 0 bridgehead atoms. The predicted molar refractivity (Wildman–Crippen MR) is 135 cm³/mol. The van der Waals surface area contributed by atoms with Gasteiger partial charge in [0, 0.05) is 12.2 Å². The first-order chi connectivity index (χ1) is 16.4. The molecule has 7 heteroatoms. The van der Waals surface area contributed by atoms with E-state index in [1.54, 1.807) is 36.4 Å². The maximum Gasteiger partial charge on any atom is 0.253 e. The first-order valence-electron chi connectivity index (χ1n) is 11.3. The highest BCUT2D eigenvalue weighted by atomic mass is 16.2. The van der Waals surface area contributed by atoms with Crippen LogP contribution in [0.2, 0.25) is 0 Å². The highest BCUT2D eigenvalue weighted by Gasteiger charge is 2.22. The molecule has 7 nitrogen and oxygen atoms in total. The lowest BCUT2D eigenvalue weighted by molar-refractivity contribution is -0.119. The molecular formula is C27H30N4O3. The smallest absolute Gasteiger partial charge is 0.253 e. The Morgan fingerprint density at radius 3 is 2.06 bits per heavy atom. The third-order valence-electron chi connectivity index (χ3n) is 5.02. The van der Waals surface area contributed by atoms with E-state index in [1.165, 1.54) is 0 Å². The van der Waals surface area contributed by atoms with E-state index < -0.39 is 6.04 Å². The molecule has 0 aliphatic heterocycles. The third-order valence-corrected chi connectivity index (χ3v) is 5.02. The fraction of sp³-hybridized carbons (Fsp3) is 0.222. The van der Waals surface area contributed by atoms with Gasteiger partial charge < -0.3 is 16.0 Å². The second kappa shape index (κ2) is 12.3. The van der Waals surface area contributed by atoms with Crippen LogP contribution < -0.4 is 21.3 Å². The highest BCUT2D eigenvalue weighted by Crippen LogP contribution is 2.17. The molecule has 34 heavy (non-hydrogen) atoms. The lowest BCUT2D eigenvalue weighted by atomic mass is 10.1. The SMILES string of the molecule is CC(C)CNC(=O)c1ccccc1NC(=O)CNC(C(=O)Nc1ccccc1)c1ccccc1. The topological polar surface area (TPSA) is 99.3 Å². The number of para-hydroxylation sites is 2. The van der Waals surface area contributed by atoms with Crippen LogP contribution in [-0.4, -0.2) is 30.8 Å². The highest BCUT2D eigenvalue weighted by molar-refractivity contribution is 6.04. The molecule has 3 aromatic carbocycles. The van der Waals surface area contributed by atoms with Crippen LogP contribution in [0.5, 0.6) is 0 Å².